The first-order chi connectivity index (χ1) is 24.8. The lowest BCUT2D eigenvalue weighted by Gasteiger charge is -2.23. The van der Waals surface area contributed by atoms with Gasteiger partial charge in [0.25, 0.3) is 6.33 Å². The molecule has 272 valence electrons. The number of ether oxygens (including phenoxy) is 1. The maximum atomic E-state index is 6.82. The first-order valence-corrected chi connectivity index (χ1v) is 18.8. The largest absolute Gasteiger partial charge is 0.458 e. The highest BCUT2D eigenvalue weighted by atomic mass is 16.5. The fourth-order valence-electron chi connectivity index (χ4n) is 6.96. The normalized spacial score (nSPS) is 12.9. The number of nitrogens with zero attached hydrogens (tertiary/aromatic N) is 4. The Kier molecular flexibility index (Phi) is 8.71. The van der Waals surface area contributed by atoms with E-state index in [1.807, 2.05) is 6.20 Å². The van der Waals surface area contributed by atoms with Crippen LogP contribution in [0, 0.1) is 6.33 Å². The zero-order chi connectivity index (χ0) is 38.1. The average molecular weight is 703 g/mol. The van der Waals surface area contributed by atoms with Gasteiger partial charge in [-0.2, -0.15) is 0 Å². The van der Waals surface area contributed by atoms with Crippen LogP contribution in [0.2, 0.25) is 0 Å². The van der Waals surface area contributed by atoms with Crippen LogP contribution < -0.4 is 9.30 Å². The molecule has 3 heterocycles. The van der Waals surface area contributed by atoms with E-state index in [1.54, 1.807) is 0 Å². The van der Waals surface area contributed by atoms with E-state index in [-0.39, 0.29) is 21.7 Å². The van der Waals surface area contributed by atoms with Gasteiger partial charge in [0.1, 0.15) is 17.3 Å². The summed E-state index contributed by atoms with van der Waals surface area (Å²) >= 11 is 0. The quantitative estimate of drug-likeness (QED) is 0.132. The van der Waals surface area contributed by atoms with Gasteiger partial charge in [-0.15, -0.1) is 0 Å². The van der Waals surface area contributed by atoms with Crippen molar-refractivity contribution in [2.45, 2.75) is 105 Å². The van der Waals surface area contributed by atoms with Crippen LogP contribution in [-0.2, 0) is 21.7 Å². The summed E-state index contributed by atoms with van der Waals surface area (Å²) < 4.78 is 13.4. The van der Waals surface area contributed by atoms with Gasteiger partial charge in [-0.1, -0.05) is 113 Å². The van der Waals surface area contributed by atoms with Crippen LogP contribution in [0.3, 0.4) is 0 Å². The molecule has 3 aromatic heterocycles. The predicted octanol–water partition coefficient (Wildman–Crippen LogP) is 12.0. The number of hydrogen-bond acceptors (Lipinski definition) is 2. The summed E-state index contributed by atoms with van der Waals surface area (Å²) in [5.74, 6) is 2.45. The molecule has 0 radical (unpaired) electrons. The lowest BCUT2D eigenvalue weighted by molar-refractivity contribution is -0.611. The monoisotopic (exact) mass is 702 g/mol. The second-order valence-electron chi connectivity index (χ2n) is 18.6. The van der Waals surface area contributed by atoms with Gasteiger partial charge in [0.2, 0.25) is 0 Å². The Hall–Kier alpha value is -5.16. The second-order valence-corrected chi connectivity index (χ2v) is 18.6. The molecule has 0 N–H and O–H groups in total. The van der Waals surface area contributed by atoms with E-state index >= 15 is 0 Å². The van der Waals surface area contributed by atoms with E-state index in [2.05, 4.69) is 206 Å². The van der Waals surface area contributed by atoms with Crippen LogP contribution in [0.25, 0.3) is 39.0 Å². The number of imidazole rings is 1. The fourth-order valence-corrected chi connectivity index (χ4v) is 6.96. The molecule has 0 unspecified atom stereocenters. The third-order valence-electron chi connectivity index (χ3n) is 10.2. The van der Waals surface area contributed by atoms with E-state index in [0.29, 0.717) is 0 Å². The molecule has 7 rings (SSSR count). The molecule has 0 aliphatic rings. The summed E-state index contributed by atoms with van der Waals surface area (Å²) in [7, 11) is 0. The zero-order valence-electron chi connectivity index (χ0n) is 33.6. The number of rotatable bonds is 5. The molecular weight excluding hydrogens is 649 g/mol. The van der Waals surface area contributed by atoms with Crippen LogP contribution in [0.1, 0.15) is 105 Å². The van der Waals surface area contributed by atoms with Crippen LogP contribution in [-0.4, -0.2) is 14.1 Å². The summed E-state index contributed by atoms with van der Waals surface area (Å²) in [5, 5.41) is 2.35. The average Bonchev–Trinajstić information content (AvgIpc) is 3.68. The molecule has 0 spiro atoms. The number of hydrogen-bond donors (Lipinski definition) is 0. The first-order valence-electron chi connectivity index (χ1n) is 18.8. The van der Waals surface area contributed by atoms with Gasteiger partial charge in [-0.25, -0.2) is 4.98 Å². The first kappa shape index (κ1) is 36.2. The van der Waals surface area contributed by atoms with Crippen molar-refractivity contribution in [2.75, 3.05) is 0 Å². The molecule has 53 heavy (non-hydrogen) atoms. The lowest BCUT2D eigenvalue weighted by atomic mass is 9.86. The summed E-state index contributed by atoms with van der Waals surface area (Å²) in [6.45, 7) is 27.0. The number of fused-ring (bicyclic) bond motifs is 3. The zero-order valence-corrected chi connectivity index (χ0v) is 33.6. The summed E-state index contributed by atoms with van der Waals surface area (Å²) in [6, 6.07) is 34.7. The molecule has 7 aromatic rings. The van der Waals surface area contributed by atoms with Gasteiger partial charge < -0.3 is 4.74 Å². The molecule has 0 atom stereocenters. The van der Waals surface area contributed by atoms with E-state index in [0.717, 1.165) is 45.1 Å². The molecule has 0 amide bonds. The van der Waals surface area contributed by atoms with Gasteiger partial charge in [-0.05, 0) is 99.0 Å². The molecule has 0 aliphatic heterocycles. The Bertz CT molecular complexity index is 2470. The van der Waals surface area contributed by atoms with Crippen molar-refractivity contribution in [3.63, 3.8) is 0 Å². The molecule has 0 aliphatic carbocycles. The van der Waals surface area contributed by atoms with Crippen molar-refractivity contribution in [3.8, 4) is 28.7 Å². The molecule has 0 fully saturated rings. The Labute approximate surface area is 315 Å². The number of pyridine rings is 1. The second kappa shape index (κ2) is 12.8. The minimum Gasteiger partial charge on any atom is -0.458 e. The topological polar surface area (TPSA) is 35.9 Å². The van der Waals surface area contributed by atoms with Crippen molar-refractivity contribution in [1.82, 2.24) is 14.1 Å². The maximum absolute atomic E-state index is 6.82. The van der Waals surface area contributed by atoms with Crippen molar-refractivity contribution in [3.05, 3.63) is 138 Å². The standard InChI is InChI=1S/C48H54N4O/c1-45(2,3)32-16-15-17-35(24-32)51-31-50(30-43(51)48(10,11)12)36-25-34(47(7,8)9)26-38(28-36)53-37-20-21-40-39-18-13-14-19-41(39)52(42(40)29-37)44-27-33(22-23-49-44)46(4,5)6/h13-30H,1-12H3. The van der Waals surface area contributed by atoms with Gasteiger partial charge >= 0.3 is 0 Å². The van der Waals surface area contributed by atoms with Crippen molar-refractivity contribution in [2.24, 2.45) is 0 Å². The molecule has 5 nitrogen and oxygen atoms in total. The minimum atomic E-state index is -0.115. The van der Waals surface area contributed by atoms with E-state index in [1.165, 1.54) is 27.8 Å². The maximum Gasteiger partial charge on any atom is 0.269 e. The molecule has 5 heteroatoms. The lowest BCUT2D eigenvalue weighted by Crippen LogP contribution is -2.39. The third kappa shape index (κ3) is 7.14. The Morgan fingerprint density at radius 1 is 0.566 bits per heavy atom. The molecule has 4 aromatic carbocycles. The fraction of sp³-hybridized carbons (Fsp3) is 0.333. The van der Waals surface area contributed by atoms with Gasteiger partial charge in [0, 0.05) is 29.2 Å². The number of para-hydroxylation sites is 1. The van der Waals surface area contributed by atoms with Crippen LogP contribution >= 0.6 is 0 Å². The van der Waals surface area contributed by atoms with Gasteiger partial charge in [0.05, 0.1) is 28.1 Å². The third-order valence-corrected chi connectivity index (χ3v) is 10.2. The molecule has 0 saturated heterocycles. The number of aromatic nitrogens is 4. The molecule has 0 bridgehead atoms. The highest BCUT2D eigenvalue weighted by Gasteiger charge is 2.25. The Morgan fingerprint density at radius 3 is 1.94 bits per heavy atom. The highest BCUT2D eigenvalue weighted by molar-refractivity contribution is 6.09. The summed E-state index contributed by atoms with van der Waals surface area (Å²) in [6.07, 6.45) is 7.86. The van der Waals surface area contributed by atoms with Crippen molar-refractivity contribution < 1.29 is 9.30 Å². The Balaban J connectivity index is 1.35. The van der Waals surface area contributed by atoms with Crippen LogP contribution in [0.4, 0.5) is 0 Å². The van der Waals surface area contributed by atoms with Gasteiger partial charge in [-0.3, -0.25) is 13.7 Å². The molecular formula is C48H54N4O. The number of benzene rings is 4. The van der Waals surface area contributed by atoms with Crippen molar-refractivity contribution in [1.29, 1.82) is 0 Å². The summed E-state index contributed by atoms with van der Waals surface area (Å²) in [5.41, 5.74) is 9.00. The van der Waals surface area contributed by atoms with E-state index in [4.69, 9.17) is 9.72 Å². The smallest absolute Gasteiger partial charge is 0.269 e. The van der Waals surface area contributed by atoms with E-state index in [9.17, 15) is 0 Å². The molecule has 0 saturated carbocycles. The minimum absolute atomic E-state index is 0.00102. The predicted molar refractivity (Wildman–Crippen MR) is 220 cm³/mol. The summed E-state index contributed by atoms with van der Waals surface area (Å²) in [4.78, 5) is 4.87. The van der Waals surface area contributed by atoms with Crippen LogP contribution in [0.5, 0.6) is 11.5 Å². The Morgan fingerprint density at radius 2 is 1.25 bits per heavy atom. The van der Waals surface area contributed by atoms with E-state index < -0.39 is 0 Å². The van der Waals surface area contributed by atoms with Gasteiger partial charge in [0.15, 0.2) is 0 Å². The van der Waals surface area contributed by atoms with Crippen LogP contribution in [0.15, 0.2) is 109 Å². The SMILES string of the molecule is CC(C)(C)c1cc(Oc2ccc3c4ccccc4n(-c4cc(C(C)(C)C)ccn4)c3c2)cc(-n2[c-][n+](-c3cccc(C(C)(C)C)c3)c(C(C)(C)C)c2)c1. The highest BCUT2D eigenvalue weighted by Crippen LogP contribution is 2.37. The van der Waals surface area contributed by atoms with Crippen molar-refractivity contribution >= 4 is 21.8 Å².